The minimum atomic E-state index is -4.30. The van der Waals surface area contributed by atoms with Gasteiger partial charge in [-0.05, 0) is 24.6 Å². The number of rotatable bonds is 7. The molecule has 2 rings (SSSR count). The van der Waals surface area contributed by atoms with Crippen molar-refractivity contribution in [3.63, 3.8) is 0 Å². The van der Waals surface area contributed by atoms with Crippen LogP contribution in [0.3, 0.4) is 0 Å². The van der Waals surface area contributed by atoms with Crippen LogP contribution >= 0.6 is 11.3 Å². The van der Waals surface area contributed by atoms with E-state index in [2.05, 4.69) is 4.98 Å². The maximum absolute atomic E-state index is 12.9. The first-order valence-corrected chi connectivity index (χ1v) is 9.28. The number of nitriles is 1. The SMILES string of the molecule is COCC(=O)N(Cc1cccc(C#N)c1)c1sc(CC(C)C(F)(F)F)nc1C. The first-order valence-electron chi connectivity index (χ1n) is 8.47. The van der Waals surface area contributed by atoms with Gasteiger partial charge >= 0.3 is 6.18 Å². The number of ether oxygens (including phenoxy) is 1. The molecule has 0 bridgehead atoms. The fraction of sp³-hybridized carbons (Fsp3) is 0.421. The van der Waals surface area contributed by atoms with Gasteiger partial charge in [0.25, 0.3) is 5.91 Å². The highest BCUT2D eigenvalue weighted by molar-refractivity contribution is 7.16. The van der Waals surface area contributed by atoms with Gasteiger partial charge in [0.1, 0.15) is 11.6 Å². The molecular formula is C19H20F3N3O2S. The lowest BCUT2D eigenvalue weighted by Crippen LogP contribution is -2.33. The van der Waals surface area contributed by atoms with Crippen molar-refractivity contribution in [1.29, 1.82) is 5.26 Å². The Balaban J connectivity index is 2.33. The van der Waals surface area contributed by atoms with Gasteiger partial charge < -0.3 is 4.74 Å². The van der Waals surface area contributed by atoms with Gasteiger partial charge in [-0.15, -0.1) is 11.3 Å². The summed E-state index contributed by atoms with van der Waals surface area (Å²) in [7, 11) is 1.39. The zero-order valence-corrected chi connectivity index (χ0v) is 16.5. The van der Waals surface area contributed by atoms with Gasteiger partial charge in [-0.1, -0.05) is 19.1 Å². The number of aromatic nitrogens is 1. The van der Waals surface area contributed by atoms with Crippen molar-refractivity contribution in [3.05, 3.63) is 46.1 Å². The molecule has 0 aliphatic carbocycles. The molecule has 1 aromatic carbocycles. The van der Waals surface area contributed by atoms with Crippen molar-refractivity contribution in [2.75, 3.05) is 18.6 Å². The average molecular weight is 411 g/mol. The molecular weight excluding hydrogens is 391 g/mol. The minimum absolute atomic E-state index is 0.162. The Hall–Kier alpha value is -2.44. The predicted molar refractivity (Wildman–Crippen MR) is 100.0 cm³/mol. The summed E-state index contributed by atoms with van der Waals surface area (Å²) in [5, 5.41) is 9.85. The van der Waals surface area contributed by atoms with Crippen LogP contribution < -0.4 is 4.90 Å². The molecule has 0 fully saturated rings. The number of carbonyl (C=O) groups excluding carboxylic acids is 1. The molecule has 0 spiro atoms. The Labute approximate surface area is 165 Å². The molecule has 1 aromatic heterocycles. The highest BCUT2D eigenvalue weighted by atomic mass is 32.1. The molecule has 1 atom stereocenters. The maximum atomic E-state index is 12.9. The third kappa shape index (κ3) is 5.53. The molecule has 28 heavy (non-hydrogen) atoms. The third-order valence-corrected chi connectivity index (χ3v) is 5.27. The zero-order chi connectivity index (χ0) is 20.9. The van der Waals surface area contributed by atoms with E-state index in [9.17, 15) is 18.0 Å². The molecule has 2 aromatic rings. The first-order chi connectivity index (χ1) is 13.2. The highest BCUT2D eigenvalue weighted by Crippen LogP contribution is 2.34. The van der Waals surface area contributed by atoms with Gasteiger partial charge in [-0.25, -0.2) is 4.98 Å². The Morgan fingerprint density at radius 3 is 2.75 bits per heavy atom. The Morgan fingerprint density at radius 1 is 1.43 bits per heavy atom. The number of thiazole rings is 1. The van der Waals surface area contributed by atoms with Crippen LogP contribution in [0.25, 0.3) is 0 Å². The van der Waals surface area contributed by atoms with Crippen molar-refractivity contribution in [3.8, 4) is 6.07 Å². The lowest BCUT2D eigenvalue weighted by Gasteiger charge is -2.21. The number of nitrogens with zero attached hydrogens (tertiary/aromatic N) is 3. The Bertz CT molecular complexity index is 874. The largest absolute Gasteiger partial charge is 0.391 e. The number of anilines is 1. The number of alkyl halides is 3. The molecule has 9 heteroatoms. The molecule has 0 saturated heterocycles. The second-order valence-corrected chi connectivity index (χ2v) is 7.43. The molecule has 150 valence electrons. The number of carbonyl (C=O) groups is 1. The van der Waals surface area contributed by atoms with Crippen LogP contribution in [-0.4, -0.2) is 30.8 Å². The van der Waals surface area contributed by atoms with Crippen molar-refractivity contribution in [2.45, 2.75) is 33.0 Å². The van der Waals surface area contributed by atoms with E-state index in [-0.39, 0.29) is 25.5 Å². The quantitative estimate of drug-likeness (QED) is 0.683. The van der Waals surface area contributed by atoms with Gasteiger partial charge in [0, 0.05) is 13.5 Å². The normalized spacial score (nSPS) is 12.5. The lowest BCUT2D eigenvalue weighted by atomic mass is 10.1. The fourth-order valence-electron chi connectivity index (χ4n) is 2.55. The Kier molecular flexibility index (Phi) is 7.16. The Morgan fingerprint density at radius 2 is 2.14 bits per heavy atom. The summed E-state index contributed by atoms with van der Waals surface area (Å²) in [5.41, 5.74) is 1.66. The van der Waals surface area contributed by atoms with Crippen LogP contribution in [0.2, 0.25) is 0 Å². The molecule has 0 saturated carbocycles. The summed E-state index contributed by atoms with van der Waals surface area (Å²) < 4.78 is 43.5. The van der Waals surface area contributed by atoms with Crippen LogP contribution in [0.4, 0.5) is 18.2 Å². The number of amides is 1. The van der Waals surface area contributed by atoms with Crippen molar-refractivity contribution >= 4 is 22.2 Å². The summed E-state index contributed by atoms with van der Waals surface area (Å²) in [5.74, 6) is -1.87. The van der Waals surface area contributed by atoms with E-state index in [0.717, 1.165) is 23.8 Å². The van der Waals surface area contributed by atoms with Gasteiger partial charge in [0.2, 0.25) is 0 Å². The van der Waals surface area contributed by atoms with Gasteiger partial charge in [-0.3, -0.25) is 9.69 Å². The van der Waals surface area contributed by atoms with E-state index >= 15 is 0 Å². The molecule has 5 nitrogen and oxygen atoms in total. The van der Waals surface area contributed by atoms with Crippen molar-refractivity contribution in [1.82, 2.24) is 4.98 Å². The van der Waals surface area contributed by atoms with Crippen molar-refractivity contribution in [2.24, 2.45) is 5.92 Å². The van der Waals surface area contributed by atoms with E-state index < -0.39 is 12.1 Å². The van der Waals surface area contributed by atoms with E-state index in [1.54, 1.807) is 31.2 Å². The van der Waals surface area contributed by atoms with Gasteiger partial charge in [0.15, 0.2) is 0 Å². The number of aryl methyl sites for hydroxylation is 1. The van der Waals surface area contributed by atoms with Crippen LogP contribution in [-0.2, 0) is 22.5 Å². The second kappa shape index (κ2) is 9.17. The first kappa shape index (κ1) is 21.9. The topological polar surface area (TPSA) is 66.2 Å². The molecule has 1 amide bonds. The standard InChI is InChI=1S/C19H20F3N3O2S/c1-12(19(20,21)22)7-16-24-13(2)18(28-16)25(17(26)11-27-3)10-15-6-4-5-14(8-15)9-23/h4-6,8,12H,7,10-11H2,1-3H3. The summed E-state index contributed by atoms with van der Waals surface area (Å²) in [6, 6.07) is 8.84. The molecule has 0 aliphatic heterocycles. The van der Waals surface area contributed by atoms with Gasteiger partial charge in [0.05, 0.1) is 34.8 Å². The van der Waals surface area contributed by atoms with Crippen LogP contribution in [0, 0.1) is 24.2 Å². The fourth-order valence-corrected chi connectivity index (χ4v) is 3.76. The van der Waals surface area contributed by atoms with E-state index in [1.807, 2.05) is 6.07 Å². The predicted octanol–water partition coefficient (Wildman–Crippen LogP) is 4.24. The highest BCUT2D eigenvalue weighted by Gasteiger charge is 2.36. The van der Waals surface area contributed by atoms with E-state index in [4.69, 9.17) is 10.00 Å². The number of hydrogen-bond acceptors (Lipinski definition) is 5. The zero-order valence-electron chi connectivity index (χ0n) is 15.7. The van der Waals surface area contributed by atoms with Gasteiger partial charge in [-0.2, -0.15) is 18.4 Å². The lowest BCUT2D eigenvalue weighted by molar-refractivity contribution is -0.169. The molecule has 1 heterocycles. The molecule has 0 aliphatic rings. The number of methoxy groups -OCH3 is 1. The average Bonchev–Trinajstić information content (AvgIpc) is 2.99. The van der Waals surface area contributed by atoms with E-state index in [1.165, 1.54) is 12.0 Å². The number of halogens is 3. The van der Waals surface area contributed by atoms with Crippen LogP contribution in [0.1, 0.15) is 28.8 Å². The number of hydrogen-bond donors (Lipinski definition) is 0. The maximum Gasteiger partial charge on any atom is 0.391 e. The minimum Gasteiger partial charge on any atom is -0.375 e. The molecule has 0 N–H and O–H groups in total. The summed E-state index contributed by atoms with van der Waals surface area (Å²) in [6.07, 6.45) is -4.55. The summed E-state index contributed by atoms with van der Waals surface area (Å²) in [4.78, 5) is 18.3. The van der Waals surface area contributed by atoms with Crippen LogP contribution in [0.15, 0.2) is 24.3 Å². The van der Waals surface area contributed by atoms with Crippen molar-refractivity contribution < 1.29 is 22.7 Å². The molecule has 0 radical (unpaired) electrons. The smallest absolute Gasteiger partial charge is 0.375 e. The monoisotopic (exact) mass is 411 g/mol. The summed E-state index contributed by atoms with van der Waals surface area (Å²) >= 11 is 1.07. The third-order valence-electron chi connectivity index (χ3n) is 4.07. The molecule has 1 unspecified atom stereocenters. The van der Waals surface area contributed by atoms with Crippen LogP contribution in [0.5, 0.6) is 0 Å². The second-order valence-electron chi connectivity index (χ2n) is 6.37. The summed E-state index contributed by atoms with van der Waals surface area (Å²) in [6.45, 7) is 2.75. The number of benzene rings is 1. The van der Waals surface area contributed by atoms with E-state index in [0.29, 0.717) is 21.3 Å².